The second-order valence-corrected chi connectivity index (χ2v) is 6.05. The Morgan fingerprint density at radius 3 is 2.82 bits per heavy atom. The summed E-state index contributed by atoms with van der Waals surface area (Å²) in [4.78, 5) is 22.9. The summed E-state index contributed by atoms with van der Waals surface area (Å²) in [5, 5.41) is 8.82. The molecule has 0 radical (unpaired) electrons. The molecule has 1 N–H and O–H groups in total. The first-order valence-electron chi connectivity index (χ1n) is 7.51. The molecule has 3 saturated heterocycles. The third-order valence-corrected chi connectivity index (χ3v) is 4.90. The van der Waals surface area contributed by atoms with E-state index in [2.05, 4.69) is 0 Å². The Morgan fingerprint density at radius 2 is 2.00 bits per heavy atom. The first-order chi connectivity index (χ1) is 10.6. The molecule has 3 fully saturated rings. The number of fused-ring (bicyclic) bond motifs is 5. The van der Waals surface area contributed by atoms with Gasteiger partial charge in [0.25, 0.3) is 0 Å². The molecule has 3 aliphatic rings. The second kappa shape index (κ2) is 4.95. The summed E-state index contributed by atoms with van der Waals surface area (Å²) < 4.78 is 11.5. The number of hydrogen-bond donors (Lipinski definition) is 1. The van der Waals surface area contributed by atoms with E-state index in [-0.39, 0.29) is 36.1 Å². The molecule has 0 spiro atoms. The molecule has 22 heavy (non-hydrogen) atoms. The number of carbonyl (C=O) groups excluding carboxylic acids is 1. The lowest BCUT2D eigenvalue weighted by molar-refractivity contribution is -0.147. The van der Waals surface area contributed by atoms with Crippen LogP contribution < -0.4 is 0 Å². The smallest absolute Gasteiger partial charge is 0.328 e. The fraction of sp³-hybridized carbons (Fsp3) is 0.412. The van der Waals surface area contributed by atoms with Crippen molar-refractivity contribution in [2.75, 3.05) is 0 Å². The van der Waals surface area contributed by atoms with Gasteiger partial charge in [-0.2, -0.15) is 0 Å². The van der Waals surface area contributed by atoms with Crippen molar-refractivity contribution < 1.29 is 24.2 Å². The van der Waals surface area contributed by atoms with Crippen LogP contribution in [0.25, 0.3) is 6.08 Å². The molecule has 0 aromatic heterocycles. The van der Waals surface area contributed by atoms with E-state index in [4.69, 9.17) is 14.6 Å². The van der Waals surface area contributed by atoms with Crippen LogP contribution in [0.5, 0.6) is 0 Å². The number of carbonyl (C=O) groups is 2. The molecule has 5 heteroatoms. The molecule has 4 rings (SSSR count). The fourth-order valence-electron chi connectivity index (χ4n) is 4.04. The van der Waals surface area contributed by atoms with Gasteiger partial charge in [0.05, 0.1) is 18.1 Å². The zero-order valence-corrected chi connectivity index (χ0v) is 11.8. The SMILES string of the molecule is O=C(O)C=Cc1ccccc1[C@@H]1OC(=O)[C@@H]2[C@H]1[C@H]1CC[C@@H]2O1. The summed E-state index contributed by atoms with van der Waals surface area (Å²) in [7, 11) is 0. The van der Waals surface area contributed by atoms with Crippen LogP contribution in [0, 0.1) is 11.8 Å². The summed E-state index contributed by atoms with van der Waals surface area (Å²) in [6.07, 6.45) is 4.26. The second-order valence-electron chi connectivity index (χ2n) is 6.05. The summed E-state index contributed by atoms with van der Waals surface area (Å²) >= 11 is 0. The first kappa shape index (κ1) is 13.5. The highest BCUT2D eigenvalue weighted by atomic mass is 16.6. The highest BCUT2D eigenvalue weighted by molar-refractivity contribution is 5.85. The molecule has 5 atom stereocenters. The number of hydrogen-bond acceptors (Lipinski definition) is 4. The largest absolute Gasteiger partial charge is 0.478 e. The van der Waals surface area contributed by atoms with Gasteiger partial charge in [0.2, 0.25) is 0 Å². The van der Waals surface area contributed by atoms with Crippen molar-refractivity contribution in [3.8, 4) is 0 Å². The number of ether oxygens (including phenoxy) is 2. The van der Waals surface area contributed by atoms with Crippen LogP contribution >= 0.6 is 0 Å². The maximum Gasteiger partial charge on any atom is 0.328 e. The Hall–Kier alpha value is -2.14. The first-order valence-corrected chi connectivity index (χ1v) is 7.51. The molecule has 0 unspecified atom stereocenters. The summed E-state index contributed by atoms with van der Waals surface area (Å²) in [5.41, 5.74) is 1.63. The van der Waals surface area contributed by atoms with Gasteiger partial charge in [-0.1, -0.05) is 24.3 Å². The van der Waals surface area contributed by atoms with E-state index in [1.165, 1.54) is 0 Å². The molecule has 5 nitrogen and oxygen atoms in total. The Labute approximate surface area is 127 Å². The van der Waals surface area contributed by atoms with Crippen LogP contribution in [0.15, 0.2) is 30.3 Å². The number of carboxylic acid groups (broad SMARTS) is 1. The molecule has 3 heterocycles. The van der Waals surface area contributed by atoms with Crippen LogP contribution in [0.4, 0.5) is 0 Å². The van der Waals surface area contributed by atoms with E-state index in [1.807, 2.05) is 24.3 Å². The topological polar surface area (TPSA) is 72.8 Å². The van der Waals surface area contributed by atoms with Crippen molar-refractivity contribution in [2.24, 2.45) is 11.8 Å². The van der Waals surface area contributed by atoms with Crippen LogP contribution in [0.2, 0.25) is 0 Å². The van der Waals surface area contributed by atoms with Gasteiger partial charge in [-0.05, 0) is 24.5 Å². The molecule has 1 aromatic rings. The summed E-state index contributed by atoms with van der Waals surface area (Å²) in [5.74, 6) is -1.30. The number of esters is 1. The average Bonchev–Trinajstić information content (AvgIpc) is 3.19. The molecule has 114 valence electrons. The van der Waals surface area contributed by atoms with Crippen molar-refractivity contribution in [1.82, 2.24) is 0 Å². The predicted octanol–water partition coefficient (Wildman–Crippen LogP) is 2.18. The van der Waals surface area contributed by atoms with Crippen molar-refractivity contribution in [3.63, 3.8) is 0 Å². The van der Waals surface area contributed by atoms with Gasteiger partial charge in [-0.3, -0.25) is 4.79 Å². The third kappa shape index (κ3) is 1.96. The van der Waals surface area contributed by atoms with E-state index in [1.54, 1.807) is 6.08 Å². The van der Waals surface area contributed by atoms with Crippen LogP contribution in [-0.4, -0.2) is 29.3 Å². The Morgan fingerprint density at radius 1 is 1.23 bits per heavy atom. The molecule has 1 aromatic carbocycles. The molecular formula is C17H16O5. The lowest BCUT2D eigenvalue weighted by Gasteiger charge is -2.23. The molecule has 2 bridgehead atoms. The van der Waals surface area contributed by atoms with Crippen molar-refractivity contribution in [2.45, 2.75) is 31.2 Å². The number of rotatable bonds is 3. The lowest BCUT2D eigenvalue weighted by Crippen LogP contribution is -2.28. The standard InChI is InChI=1S/C17H16O5/c18-13(19)8-5-9-3-1-2-4-10(9)16-14-11-6-7-12(21-11)15(14)17(20)22-16/h1-5,8,11-12,14-16H,6-7H2,(H,18,19)/t11-,12+,14-,15+,16+/m1/s1. The van der Waals surface area contributed by atoms with Gasteiger partial charge in [0.1, 0.15) is 6.10 Å². The van der Waals surface area contributed by atoms with Crippen LogP contribution in [0.3, 0.4) is 0 Å². The summed E-state index contributed by atoms with van der Waals surface area (Å²) in [6.45, 7) is 0. The monoisotopic (exact) mass is 300 g/mol. The van der Waals surface area contributed by atoms with Gasteiger partial charge in [0.15, 0.2) is 0 Å². The quantitative estimate of drug-likeness (QED) is 0.684. The van der Waals surface area contributed by atoms with Gasteiger partial charge in [-0.15, -0.1) is 0 Å². The van der Waals surface area contributed by atoms with E-state index in [0.717, 1.165) is 30.0 Å². The zero-order chi connectivity index (χ0) is 15.3. The molecular weight excluding hydrogens is 284 g/mol. The molecule has 0 saturated carbocycles. The van der Waals surface area contributed by atoms with Crippen molar-refractivity contribution in [3.05, 3.63) is 41.5 Å². The Bertz CT molecular complexity index is 665. The fourth-order valence-corrected chi connectivity index (χ4v) is 4.04. The minimum atomic E-state index is -1.00. The minimum absolute atomic E-state index is 0.00535. The van der Waals surface area contributed by atoms with E-state index >= 15 is 0 Å². The lowest BCUT2D eigenvalue weighted by atomic mass is 9.76. The van der Waals surface area contributed by atoms with E-state index in [0.29, 0.717) is 0 Å². The van der Waals surface area contributed by atoms with E-state index in [9.17, 15) is 9.59 Å². The zero-order valence-electron chi connectivity index (χ0n) is 11.8. The van der Waals surface area contributed by atoms with Crippen molar-refractivity contribution >= 4 is 18.0 Å². The number of benzene rings is 1. The predicted molar refractivity (Wildman–Crippen MR) is 76.8 cm³/mol. The molecule has 0 aliphatic carbocycles. The van der Waals surface area contributed by atoms with Gasteiger partial charge < -0.3 is 14.6 Å². The van der Waals surface area contributed by atoms with E-state index < -0.39 is 5.97 Å². The van der Waals surface area contributed by atoms with Crippen LogP contribution in [-0.2, 0) is 19.1 Å². The average molecular weight is 300 g/mol. The maximum atomic E-state index is 12.2. The maximum absolute atomic E-state index is 12.2. The van der Waals surface area contributed by atoms with Gasteiger partial charge >= 0.3 is 11.9 Å². The Kier molecular flexibility index (Phi) is 3.04. The summed E-state index contributed by atoms with van der Waals surface area (Å²) in [6, 6.07) is 7.46. The number of aliphatic carboxylic acids is 1. The van der Waals surface area contributed by atoms with Gasteiger partial charge in [0, 0.05) is 17.6 Å². The third-order valence-electron chi connectivity index (χ3n) is 4.90. The van der Waals surface area contributed by atoms with Crippen LogP contribution in [0.1, 0.15) is 30.1 Å². The minimum Gasteiger partial charge on any atom is -0.478 e. The normalized spacial score (nSPS) is 35.8. The molecule has 3 aliphatic heterocycles. The molecule has 0 amide bonds. The number of cyclic esters (lactones) is 1. The number of carboxylic acids is 1. The van der Waals surface area contributed by atoms with Crippen molar-refractivity contribution in [1.29, 1.82) is 0 Å². The highest BCUT2D eigenvalue weighted by Crippen LogP contribution is 2.54. The highest BCUT2D eigenvalue weighted by Gasteiger charge is 2.61. The van der Waals surface area contributed by atoms with Gasteiger partial charge in [-0.25, -0.2) is 4.79 Å². The Balaban J connectivity index is 1.71.